The van der Waals surface area contributed by atoms with E-state index in [1.54, 1.807) is 17.5 Å². The van der Waals surface area contributed by atoms with Crippen molar-refractivity contribution in [3.8, 4) is 21.8 Å². The highest BCUT2D eigenvalue weighted by atomic mass is 32.1. The number of carbonyl (C=O) groups excluding carboxylic acids is 2. The zero-order chi connectivity index (χ0) is 21.9. The minimum absolute atomic E-state index is 0.278. The van der Waals surface area contributed by atoms with Gasteiger partial charge in [0.15, 0.2) is 0 Å². The Hall–Kier alpha value is -4.03. The van der Waals surface area contributed by atoms with Crippen LogP contribution in [-0.4, -0.2) is 21.7 Å². The summed E-state index contributed by atoms with van der Waals surface area (Å²) < 4.78 is 0. The van der Waals surface area contributed by atoms with Crippen LogP contribution in [0.15, 0.2) is 90.4 Å². The van der Waals surface area contributed by atoms with Crippen molar-refractivity contribution < 1.29 is 9.59 Å². The third-order valence-corrected chi connectivity index (χ3v) is 6.16. The zero-order valence-electron chi connectivity index (χ0n) is 17.0. The summed E-state index contributed by atoms with van der Waals surface area (Å²) in [6.45, 7) is 0.278. The Morgan fingerprint density at radius 3 is 2.44 bits per heavy atom. The average Bonchev–Trinajstić information content (AvgIpc) is 3.51. The first-order valence-electron chi connectivity index (χ1n) is 10.2. The molecule has 0 saturated carbocycles. The van der Waals surface area contributed by atoms with Gasteiger partial charge in [-0.1, -0.05) is 72.8 Å². The van der Waals surface area contributed by atoms with E-state index in [1.165, 1.54) is 0 Å². The molecule has 0 unspecified atom stereocenters. The van der Waals surface area contributed by atoms with Crippen LogP contribution in [-0.2, 0) is 11.3 Å². The third-order valence-electron chi connectivity index (χ3n) is 5.27. The molecule has 6 heteroatoms. The van der Waals surface area contributed by atoms with Crippen molar-refractivity contribution in [1.29, 1.82) is 0 Å². The van der Waals surface area contributed by atoms with Crippen molar-refractivity contribution in [2.45, 2.75) is 6.54 Å². The van der Waals surface area contributed by atoms with Crippen LogP contribution in [0.1, 0.15) is 15.9 Å². The number of para-hydroxylation sites is 1. The molecule has 5 aromatic rings. The summed E-state index contributed by atoms with van der Waals surface area (Å²) in [5.74, 6) is -1.17. The van der Waals surface area contributed by atoms with Crippen LogP contribution >= 0.6 is 11.3 Å². The smallest absolute Gasteiger partial charge is 0.292 e. The lowest BCUT2D eigenvalue weighted by Gasteiger charge is -2.05. The van der Waals surface area contributed by atoms with Crippen molar-refractivity contribution in [2.24, 2.45) is 0 Å². The van der Waals surface area contributed by atoms with E-state index >= 15 is 0 Å². The standard InChI is InChI=1S/C26H19N3O2S/c30-24(21-15-27-22-9-5-4-8-20(21)22)25(31)28-14-17-10-12-19(13-11-17)26-29-23(16-32-26)18-6-2-1-3-7-18/h1-13,15-16,27H,14H2,(H,28,31). The van der Waals surface area contributed by atoms with Crippen molar-refractivity contribution in [3.63, 3.8) is 0 Å². The molecule has 3 aromatic carbocycles. The van der Waals surface area contributed by atoms with E-state index in [-0.39, 0.29) is 6.54 Å². The van der Waals surface area contributed by atoms with Gasteiger partial charge in [-0.2, -0.15) is 0 Å². The topological polar surface area (TPSA) is 74.8 Å². The van der Waals surface area contributed by atoms with Crippen LogP contribution in [0.2, 0.25) is 0 Å². The molecule has 2 aromatic heterocycles. The van der Waals surface area contributed by atoms with E-state index in [0.717, 1.165) is 38.3 Å². The summed E-state index contributed by atoms with van der Waals surface area (Å²) in [7, 11) is 0. The second-order valence-electron chi connectivity index (χ2n) is 7.36. The van der Waals surface area contributed by atoms with E-state index in [4.69, 9.17) is 4.98 Å². The normalized spacial score (nSPS) is 10.9. The van der Waals surface area contributed by atoms with Gasteiger partial charge in [0.1, 0.15) is 5.01 Å². The van der Waals surface area contributed by atoms with Crippen molar-refractivity contribution in [2.75, 3.05) is 0 Å². The summed E-state index contributed by atoms with van der Waals surface area (Å²) in [6.07, 6.45) is 1.58. The highest BCUT2D eigenvalue weighted by molar-refractivity contribution is 7.13. The first kappa shape index (κ1) is 19.9. The lowest BCUT2D eigenvalue weighted by Crippen LogP contribution is -2.30. The van der Waals surface area contributed by atoms with E-state index < -0.39 is 11.7 Å². The van der Waals surface area contributed by atoms with Gasteiger partial charge in [-0.3, -0.25) is 9.59 Å². The van der Waals surface area contributed by atoms with E-state index in [1.807, 2.05) is 78.9 Å². The molecule has 156 valence electrons. The Kier molecular flexibility index (Phi) is 5.35. The number of amides is 1. The van der Waals surface area contributed by atoms with Gasteiger partial charge >= 0.3 is 0 Å². The SMILES string of the molecule is O=C(NCc1ccc(-c2nc(-c3ccccc3)cs2)cc1)C(=O)c1c[nH]c2ccccc12. The quantitative estimate of drug-likeness (QED) is 0.274. The van der Waals surface area contributed by atoms with Gasteiger partial charge in [0.2, 0.25) is 0 Å². The van der Waals surface area contributed by atoms with Gasteiger partial charge in [0.25, 0.3) is 11.7 Å². The fraction of sp³-hybridized carbons (Fsp3) is 0.0385. The summed E-state index contributed by atoms with van der Waals surface area (Å²) in [4.78, 5) is 32.7. The number of aromatic nitrogens is 2. The van der Waals surface area contributed by atoms with Crippen LogP contribution in [0.4, 0.5) is 0 Å². The lowest BCUT2D eigenvalue weighted by atomic mass is 10.1. The molecule has 1 amide bonds. The largest absolute Gasteiger partial charge is 0.360 e. The van der Waals surface area contributed by atoms with Gasteiger partial charge in [-0.05, 0) is 11.6 Å². The number of fused-ring (bicyclic) bond motifs is 1. The number of rotatable bonds is 6. The predicted octanol–water partition coefficient (Wildman–Crippen LogP) is 5.46. The van der Waals surface area contributed by atoms with E-state index in [2.05, 4.69) is 15.7 Å². The van der Waals surface area contributed by atoms with Gasteiger partial charge in [0, 0.05) is 40.2 Å². The van der Waals surface area contributed by atoms with E-state index in [9.17, 15) is 9.59 Å². The molecule has 2 heterocycles. The Balaban J connectivity index is 1.24. The molecule has 5 rings (SSSR count). The predicted molar refractivity (Wildman–Crippen MR) is 127 cm³/mol. The minimum Gasteiger partial charge on any atom is -0.360 e. The molecule has 0 fully saturated rings. The first-order chi connectivity index (χ1) is 15.7. The molecular formula is C26H19N3O2S. The summed E-state index contributed by atoms with van der Waals surface area (Å²) in [5.41, 5.74) is 5.19. The second kappa shape index (κ2) is 8.61. The second-order valence-corrected chi connectivity index (χ2v) is 8.22. The van der Waals surface area contributed by atoms with E-state index in [0.29, 0.717) is 5.56 Å². The molecule has 0 saturated heterocycles. The molecule has 0 aliphatic heterocycles. The molecule has 0 aliphatic carbocycles. The monoisotopic (exact) mass is 437 g/mol. The molecule has 0 atom stereocenters. The number of H-pyrrole nitrogens is 1. The third kappa shape index (κ3) is 3.96. The zero-order valence-corrected chi connectivity index (χ0v) is 17.9. The molecule has 0 radical (unpaired) electrons. The molecule has 5 nitrogen and oxygen atoms in total. The van der Waals surface area contributed by atoms with Gasteiger partial charge in [-0.25, -0.2) is 4.98 Å². The van der Waals surface area contributed by atoms with Gasteiger partial charge in [-0.15, -0.1) is 11.3 Å². The molecule has 0 aliphatic rings. The number of nitrogens with zero attached hydrogens (tertiary/aromatic N) is 1. The average molecular weight is 438 g/mol. The number of hydrogen-bond acceptors (Lipinski definition) is 4. The van der Waals surface area contributed by atoms with Crippen LogP contribution in [0.25, 0.3) is 32.7 Å². The molecule has 0 spiro atoms. The Labute approximate surface area is 188 Å². The maximum atomic E-state index is 12.6. The Morgan fingerprint density at radius 2 is 1.62 bits per heavy atom. The molecule has 32 heavy (non-hydrogen) atoms. The summed E-state index contributed by atoms with van der Waals surface area (Å²) >= 11 is 1.60. The van der Waals surface area contributed by atoms with Crippen LogP contribution < -0.4 is 5.32 Å². The van der Waals surface area contributed by atoms with Crippen molar-refractivity contribution in [1.82, 2.24) is 15.3 Å². The number of hydrogen-bond donors (Lipinski definition) is 2. The van der Waals surface area contributed by atoms with Crippen LogP contribution in [0.5, 0.6) is 0 Å². The number of Topliss-reactive ketones (excluding diaryl/α,β-unsaturated/α-hetero) is 1. The van der Waals surface area contributed by atoms with Crippen molar-refractivity contribution >= 4 is 33.9 Å². The highest BCUT2D eigenvalue weighted by Crippen LogP contribution is 2.29. The molecular weight excluding hydrogens is 418 g/mol. The maximum Gasteiger partial charge on any atom is 0.292 e. The van der Waals surface area contributed by atoms with Gasteiger partial charge < -0.3 is 10.3 Å². The molecule has 2 N–H and O–H groups in total. The molecule has 0 bridgehead atoms. The highest BCUT2D eigenvalue weighted by Gasteiger charge is 2.19. The number of nitrogens with one attached hydrogen (secondary N) is 2. The van der Waals surface area contributed by atoms with Gasteiger partial charge in [0.05, 0.1) is 11.3 Å². The first-order valence-corrected chi connectivity index (χ1v) is 11.1. The fourth-order valence-electron chi connectivity index (χ4n) is 3.56. The number of carbonyl (C=O) groups is 2. The number of benzene rings is 3. The fourth-order valence-corrected chi connectivity index (χ4v) is 4.39. The number of ketones is 1. The number of thiazole rings is 1. The van der Waals surface area contributed by atoms with Crippen LogP contribution in [0.3, 0.4) is 0 Å². The van der Waals surface area contributed by atoms with Crippen molar-refractivity contribution in [3.05, 3.63) is 102 Å². The minimum atomic E-state index is -0.619. The van der Waals surface area contributed by atoms with Crippen LogP contribution in [0, 0.1) is 0 Å². The maximum absolute atomic E-state index is 12.6. The summed E-state index contributed by atoms with van der Waals surface area (Å²) in [5, 5.41) is 6.46. The Bertz CT molecular complexity index is 1400. The number of aromatic amines is 1. The Morgan fingerprint density at radius 1 is 0.875 bits per heavy atom. The summed E-state index contributed by atoms with van der Waals surface area (Å²) in [6, 6.07) is 25.3. The lowest BCUT2D eigenvalue weighted by molar-refractivity contribution is -0.117.